The van der Waals surface area contributed by atoms with Crippen LogP contribution in [0.1, 0.15) is 33.6 Å². The predicted molar refractivity (Wildman–Crippen MR) is 39.3 cm³/mol. The van der Waals surface area contributed by atoms with E-state index < -0.39 is 0 Å². The van der Waals surface area contributed by atoms with E-state index in [-0.39, 0.29) is 11.2 Å². The number of nitrogens with zero attached hydrogens (tertiary/aromatic N) is 1. The fourth-order valence-corrected chi connectivity index (χ4v) is 0.544. The van der Waals surface area contributed by atoms with Crippen molar-refractivity contribution in [2.24, 2.45) is 5.41 Å². The van der Waals surface area contributed by atoms with Crippen molar-refractivity contribution in [1.82, 2.24) is 0 Å². The van der Waals surface area contributed by atoms with Gasteiger partial charge in [-0.1, -0.05) is 0 Å². The van der Waals surface area contributed by atoms with Gasteiger partial charge in [0.15, 0.2) is 0 Å². The Morgan fingerprint density at radius 3 is 2.40 bits per heavy atom. The van der Waals surface area contributed by atoms with E-state index in [9.17, 15) is 4.79 Å². The third-order valence-corrected chi connectivity index (χ3v) is 1.40. The highest BCUT2D eigenvalue weighted by Crippen LogP contribution is 2.20. The summed E-state index contributed by atoms with van der Waals surface area (Å²) in [6, 6.07) is 2.14. The van der Waals surface area contributed by atoms with Crippen LogP contribution in [0.3, 0.4) is 0 Å². The van der Waals surface area contributed by atoms with Gasteiger partial charge in [-0.25, -0.2) is 0 Å². The SMILES string of the molecule is CC(=O)CCC(C)(C)C#N. The van der Waals surface area contributed by atoms with E-state index in [1.54, 1.807) is 6.92 Å². The molecule has 0 heterocycles. The van der Waals surface area contributed by atoms with E-state index in [4.69, 9.17) is 5.26 Å². The molecule has 0 spiro atoms. The van der Waals surface area contributed by atoms with E-state index in [0.29, 0.717) is 12.8 Å². The Labute approximate surface area is 61.8 Å². The van der Waals surface area contributed by atoms with Crippen molar-refractivity contribution >= 4 is 5.78 Å². The van der Waals surface area contributed by atoms with Gasteiger partial charge in [0.05, 0.1) is 11.5 Å². The normalized spacial score (nSPS) is 10.6. The number of hydrogen-bond donors (Lipinski definition) is 0. The maximum Gasteiger partial charge on any atom is 0.129 e. The summed E-state index contributed by atoms with van der Waals surface area (Å²) in [6.45, 7) is 5.24. The van der Waals surface area contributed by atoms with Crippen molar-refractivity contribution in [3.05, 3.63) is 0 Å². The molecule has 0 N–H and O–H groups in total. The quantitative estimate of drug-likeness (QED) is 0.599. The Hall–Kier alpha value is -0.840. The van der Waals surface area contributed by atoms with Gasteiger partial charge < -0.3 is 4.79 Å². The average Bonchev–Trinajstić information content (AvgIpc) is 1.85. The first-order chi connectivity index (χ1) is 4.48. The van der Waals surface area contributed by atoms with Crippen LogP contribution in [0.5, 0.6) is 0 Å². The standard InChI is InChI=1S/C8H13NO/c1-7(10)4-5-8(2,3)6-9/h4-5H2,1-3H3. The van der Waals surface area contributed by atoms with Crippen LogP contribution in [0.2, 0.25) is 0 Å². The van der Waals surface area contributed by atoms with Crippen LogP contribution in [0, 0.1) is 16.7 Å². The first-order valence-corrected chi connectivity index (χ1v) is 3.38. The summed E-state index contributed by atoms with van der Waals surface area (Å²) in [6.07, 6.45) is 1.18. The van der Waals surface area contributed by atoms with Crippen molar-refractivity contribution in [2.75, 3.05) is 0 Å². The monoisotopic (exact) mass is 139 g/mol. The summed E-state index contributed by atoms with van der Waals surface area (Å²) in [5.74, 6) is 0.156. The smallest absolute Gasteiger partial charge is 0.129 e. The zero-order valence-corrected chi connectivity index (χ0v) is 6.77. The summed E-state index contributed by atoms with van der Waals surface area (Å²) in [4.78, 5) is 10.5. The van der Waals surface area contributed by atoms with Crippen molar-refractivity contribution < 1.29 is 4.79 Å². The molecule has 0 aliphatic carbocycles. The van der Waals surface area contributed by atoms with Crippen LogP contribution in [0.4, 0.5) is 0 Å². The molecule has 0 unspecified atom stereocenters. The van der Waals surface area contributed by atoms with Gasteiger partial charge in [-0.3, -0.25) is 0 Å². The second kappa shape index (κ2) is 3.36. The Bertz CT molecular complexity index is 165. The van der Waals surface area contributed by atoms with Gasteiger partial charge in [-0.15, -0.1) is 0 Å². The number of nitriles is 1. The molecule has 0 aromatic rings. The maximum absolute atomic E-state index is 10.5. The van der Waals surface area contributed by atoms with Gasteiger partial charge in [-0.05, 0) is 27.2 Å². The van der Waals surface area contributed by atoms with Gasteiger partial charge in [0.2, 0.25) is 0 Å². The number of hydrogen-bond acceptors (Lipinski definition) is 2. The third-order valence-electron chi connectivity index (χ3n) is 1.40. The minimum absolute atomic E-state index is 0.156. The molecule has 2 heteroatoms. The molecular formula is C8H13NO. The van der Waals surface area contributed by atoms with Crippen LogP contribution < -0.4 is 0 Å². The largest absolute Gasteiger partial charge is 0.300 e. The molecule has 0 saturated heterocycles. The van der Waals surface area contributed by atoms with Gasteiger partial charge in [-0.2, -0.15) is 5.26 Å². The summed E-state index contributed by atoms with van der Waals surface area (Å²) in [5, 5.41) is 8.55. The average molecular weight is 139 g/mol. The van der Waals surface area contributed by atoms with Crippen molar-refractivity contribution in [3.8, 4) is 6.07 Å². The van der Waals surface area contributed by atoms with Crippen LogP contribution in [-0.4, -0.2) is 5.78 Å². The Kier molecular flexibility index (Phi) is 3.08. The highest BCUT2D eigenvalue weighted by atomic mass is 16.1. The first-order valence-electron chi connectivity index (χ1n) is 3.38. The van der Waals surface area contributed by atoms with E-state index in [1.807, 2.05) is 13.8 Å². The number of Topliss-reactive ketones (excluding diaryl/α,β-unsaturated/α-hetero) is 1. The molecule has 10 heavy (non-hydrogen) atoms. The van der Waals surface area contributed by atoms with Crippen molar-refractivity contribution in [3.63, 3.8) is 0 Å². The minimum Gasteiger partial charge on any atom is -0.300 e. The minimum atomic E-state index is -0.342. The Morgan fingerprint density at radius 2 is 2.10 bits per heavy atom. The zero-order valence-electron chi connectivity index (χ0n) is 6.77. The molecule has 0 fully saturated rings. The number of rotatable bonds is 3. The zero-order chi connectivity index (χ0) is 8.20. The fraction of sp³-hybridized carbons (Fsp3) is 0.750. The lowest BCUT2D eigenvalue weighted by molar-refractivity contribution is -0.117. The molecule has 2 nitrogen and oxygen atoms in total. The van der Waals surface area contributed by atoms with Crippen LogP contribution >= 0.6 is 0 Å². The fourth-order valence-electron chi connectivity index (χ4n) is 0.544. The van der Waals surface area contributed by atoms with Crippen LogP contribution in [0.15, 0.2) is 0 Å². The number of ketones is 1. The molecule has 0 bridgehead atoms. The van der Waals surface area contributed by atoms with E-state index in [1.165, 1.54) is 0 Å². The third kappa shape index (κ3) is 4.08. The van der Waals surface area contributed by atoms with Crippen LogP contribution in [-0.2, 0) is 4.79 Å². The number of carbonyl (C=O) groups is 1. The Morgan fingerprint density at radius 1 is 1.60 bits per heavy atom. The molecule has 56 valence electrons. The molecule has 0 atom stereocenters. The summed E-state index contributed by atoms with van der Waals surface area (Å²) in [7, 11) is 0. The van der Waals surface area contributed by atoms with E-state index in [2.05, 4.69) is 6.07 Å². The topological polar surface area (TPSA) is 40.9 Å². The van der Waals surface area contributed by atoms with E-state index in [0.717, 1.165) is 0 Å². The summed E-state index contributed by atoms with van der Waals surface area (Å²) in [5.41, 5.74) is -0.342. The van der Waals surface area contributed by atoms with Gasteiger partial charge in [0.1, 0.15) is 5.78 Å². The number of carbonyl (C=O) groups excluding carboxylic acids is 1. The Balaban J connectivity index is 3.71. The molecule has 0 aromatic carbocycles. The molecule has 0 aliphatic heterocycles. The maximum atomic E-state index is 10.5. The molecule has 0 aromatic heterocycles. The van der Waals surface area contributed by atoms with Crippen molar-refractivity contribution in [2.45, 2.75) is 33.6 Å². The molecule has 0 rings (SSSR count). The summed E-state index contributed by atoms with van der Waals surface area (Å²) >= 11 is 0. The first kappa shape index (κ1) is 9.16. The van der Waals surface area contributed by atoms with Gasteiger partial charge in [0, 0.05) is 6.42 Å². The molecular weight excluding hydrogens is 126 g/mol. The molecule has 0 radical (unpaired) electrons. The highest BCUT2D eigenvalue weighted by Gasteiger charge is 2.16. The second-order valence-electron chi connectivity index (χ2n) is 3.20. The lowest BCUT2D eigenvalue weighted by Crippen LogP contribution is -2.09. The second-order valence-corrected chi connectivity index (χ2v) is 3.20. The van der Waals surface area contributed by atoms with E-state index >= 15 is 0 Å². The van der Waals surface area contributed by atoms with Crippen molar-refractivity contribution in [1.29, 1.82) is 5.26 Å². The van der Waals surface area contributed by atoms with Crippen LogP contribution in [0.25, 0.3) is 0 Å². The highest BCUT2D eigenvalue weighted by molar-refractivity contribution is 5.75. The van der Waals surface area contributed by atoms with Gasteiger partial charge in [0.25, 0.3) is 0 Å². The lowest BCUT2D eigenvalue weighted by Gasteiger charge is -2.12. The molecule has 0 aliphatic rings. The molecule has 0 amide bonds. The predicted octanol–water partition coefficient (Wildman–Crippen LogP) is 1.91. The van der Waals surface area contributed by atoms with Gasteiger partial charge >= 0.3 is 0 Å². The molecule has 0 saturated carbocycles. The lowest BCUT2D eigenvalue weighted by atomic mass is 9.89. The summed E-state index contributed by atoms with van der Waals surface area (Å²) < 4.78 is 0.